The second-order valence-electron chi connectivity index (χ2n) is 4.22. The minimum absolute atomic E-state index is 0. The molecule has 3 nitrogen and oxygen atoms in total. The summed E-state index contributed by atoms with van der Waals surface area (Å²) in [6.07, 6.45) is 1.80. The summed E-state index contributed by atoms with van der Waals surface area (Å²) in [5.41, 5.74) is 1.29. The van der Waals surface area contributed by atoms with E-state index in [2.05, 4.69) is 17.0 Å². The minimum atomic E-state index is 0. The van der Waals surface area contributed by atoms with Crippen molar-refractivity contribution in [1.29, 1.82) is 5.26 Å². The number of benzene rings is 1. The van der Waals surface area contributed by atoms with E-state index in [4.69, 9.17) is 10.00 Å². The minimum Gasteiger partial charge on any atom is -0.488 e. The Balaban J connectivity index is 0.00000144. The zero-order valence-electron chi connectivity index (χ0n) is 9.93. The van der Waals surface area contributed by atoms with Crippen molar-refractivity contribution in [2.45, 2.75) is 18.9 Å². The molecule has 17 heavy (non-hydrogen) atoms. The Morgan fingerprint density at radius 1 is 1.47 bits per heavy atom. The second-order valence-corrected chi connectivity index (χ2v) is 4.22. The van der Waals surface area contributed by atoms with Crippen LogP contribution in [0.1, 0.15) is 12.0 Å². The lowest BCUT2D eigenvalue weighted by atomic mass is 10.1. The van der Waals surface area contributed by atoms with E-state index in [1.165, 1.54) is 5.56 Å². The summed E-state index contributed by atoms with van der Waals surface area (Å²) in [6, 6.07) is 10.3. The highest BCUT2D eigenvalue weighted by Gasteiger charge is 2.23. The van der Waals surface area contributed by atoms with Crippen LogP contribution in [0.25, 0.3) is 0 Å². The average Bonchev–Trinajstić information content (AvgIpc) is 2.68. The molecule has 0 fully saturated rings. The number of halogens is 1. The average molecular weight is 253 g/mol. The Morgan fingerprint density at radius 2 is 2.24 bits per heavy atom. The fourth-order valence-corrected chi connectivity index (χ4v) is 2.04. The highest BCUT2D eigenvalue weighted by Crippen LogP contribution is 2.28. The van der Waals surface area contributed by atoms with E-state index in [1.54, 1.807) is 0 Å². The lowest BCUT2D eigenvalue weighted by Gasteiger charge is -2.19. The molecule has 0 N–H and O–H groups in total. The number of nitrogens with zero attached hydrogens (tertiary/aromatic N) is 2. The van der Waals surface area contributed by atoms with Gasteiger partial charge in [-0.1, -0.05) is 18.2 Å². The normalized spacial score (nSPS) is 16.9. The van der Waals surface area contributed by atoms with Gasteiger partial charge in [-0.3, -0.25) is 0 Å². The molecule has 0 amide bonds. The van der Waals surface area contributed by atoms with Crippen LogP contribution in [-0.2, 0) is 6.42 Å². The van der Waals surface area contributed by atoms with Gasteiger partial charge in [0.15, 0.2) is 0 Å². The molecule has 1 aromatic rings. The number of hydrogen-bond acceptors (Lipinski definition) is 3. The van der Waals surface area contributed by atoms with Crippen LogP contribution in [0.4, 0.5) is 0 Å². The highest BCUT2D eigenvalue weighted by molar-refractivity contribution is 5.85. The molecule has 0 spiro atoms. The summed E-state index contributed by atoms with van der Waals surface area (Å²) in [5, 5.41) is 8.51. The Kier molecular flexibility index (Phi) is 5.27. The third-order valence-electron chi connectivity index (χ3n) is 2.83. The van der Waals surface area contributed by atoms with Crippen LogP contribution in [-0.4, -0.2) is 31.1 Å². The summed E-state index contributed by atoms with van der Waals surface area (Å²) in [6.45, 7) is 1.70. The van der Waals surface area contributed by atoms with Gasteiger partial charge >= 0.3 is 0 Å². The van der Waals surface area contributed by atoms with Crippen molar-refractivity contribution in [3.05, 3.63) is 29.8 Å². The molecule has 1 aliphatic heterocycles. The van der Waals surface area contributed by atoms with E-state index in [9.17, 15) is 0 Å². The topological polar surface area (TPSA) is 36.3 Å². The lowest BCUT2D eigenvalue weighted by molar-refractivity contribution is 0.170. The molecule has 2 rings (SSSR count). The quantitative estimate of drug-likeness (QED) is 0.825. The van der Waals surface area contributed by atoms with E-state index >= 15 is 0 Å². The molecule has 0 aliphatic carbocycles. The van der Waals surface area contributed by atoms with Crippen LogP contribution in [0.15, 0.2) is 24.3 Å². The first-order chi connectivity index (χ1) is 7.79. The first kappa shape index (κ1) is 13.8. The first-order valence-corrected chi connectivity index (χ1v) is 5.59. The molecule has 0 saturated heterocycles. The lowest BCUT2D eigenvalue weighted by Crippen LogP contribution is -2.32. The molecule has 0 saturated carbocycles. The van der Waals surface area contributed by atoms with Crippen molar-refractivity contribution >= 4 is 12.4 Å². The third-order valence-corrected chi connectivity index (χ3v) is 2.83. The molecule has 1 aliphatic rings. The maximum absolute atomic E-state index is 8.51. The van der Waals surface area contributed by atoms with Crippen molar-refractivity contribution in [2.24, 2.45) is 0 Å². The van der Waals surface area contributed by atoms with Crippen LogP contribution < -0.4 is 4.74 Å². The standard InChI is InChI=1S/C13H16N2O.ClH/c1-15(8-4-7-14)10-12-9-11-5-2-3-6-13(11)16-12;/h2-3,5-6,12H,4,8-10H2,1H3;1H. The van der Waals surface area contributed by atoms with Gasteiger partial charge in [-0.05, 0) is 18.7 Å². The Labute approximate surface area is 108 Å². The van der Waals surface area contributed by atoms with Crippen molar-refractivity contribution in [2.75, 3.05) is 20.1 Å². The number of likely N-dealkylation sites (N-methyl/N-ethyl adjacent to an activating group) is 1. The van der Waals surface area contributed by atoms with Crippen LogP contribution in [0, 0.1) is 11.3 Å². The molecule has 1 unspecified atom stereocenters. The predicted molar refractivity (Wildman–Crippen MR) is 69.5 cm³/mol. The largest absolute Gasteiger partial charge is 0.488 e. The van der Waals surface area contributed by atoms with E-state index in [0.717, 1.165) is 25.3 Å². The monoisotopic (exact) mass is 252 g/mol. The van der Waals surface area contributed by atoms with Crippen molar-refractivity contribution in [1.82, 2.24) is 4.90 Å². The van der Waals surface area contributed by atoms with Gasteiger partial charge in [0.25, 0.3) is 0 Å². The summed E-state index contributed by atoms with van der Waals surface area (Å²) < 4.78 is 5.83. The van der Waals surface area contributed by atoms with Crippen molar-refractivity contribution < 1.29 is 4.74 Å². The molecule has 0 aromatic heterocycles. The molecule has 1 aromatic carbocycles. The molecule has 1 atom stereocenters. The van der Waals surface area contributed by atoms with E-state index in [0.29, 0.717) is 6.42 Å². The van der Waals surface area contributed by atoms with E-state index < -0.39 is 0 Å². The van der Waals surface area contributed by atoms with Crippen LogP contribution in [0.3, 0.4) is 0 Å². The molecule has 4 heteroatoms. The SMILES string of the molecule is CN(CCC#N)CC1Cc2ccccc2O1.Cl. The zero-order chi connectivity index (χ0) is 11.4. The first-order valence-electron chi connectivity index (χ1n) is 5.59. The van der Waals surface area contributed by atoms with Gasteiger partial charge in [-0.15, -0.1) is 12.4 Å². The van der Waals surface area contributed by atoms with Gasteiger partial charge in [0.1, 0.15) is 11.9 Å². The number of ether oxygens (including phenoxy) is 1. The highest BCUT2D eigenvalue weighted by atomic mass is 35.5. The van der Waals surface area contributed by atoms with Gasteiger partial charge < -0.3 is 9.64 Å². The fourth-order valence-electron chi connectivity index (χ4n) is 2.04. The smallest absolute Gasteiger partial charge is 0.123 e. The number of rotatable bonds is 4. The fraction of sp³-hybridized carbons (Fsp3) is 0.462. The molecular weight excluding hydrogens is 236 g/mol. The second kappa shape index (κ2) is 6.48. The van der Waals surface area contributed by atoms with Gasteiger partial charge in [-0.25, -0.2) is 0 Å². The molecule has 92 valence electrons. The predicted octanol–water partition coefficient (Wildman–Crippen LogP) is 2.26. The number of fused-ring (bicyclic) bond motifs is 1. The van der Waals surface area contributed by atoms with E-state index in [-0.39, 0.29) is 18.5 Å². The molecule has 1 heterocycles. The van der Waals surface area contributed by atoms with Gasteiger partial charge in [0, 0.05) is 25.9 Å². The van der Waals surface area contributed by atoms with Crippen molar-refractivity contribution in [3.8, 4) is 11.8 Å². The zero-order valence-corrected chi connectivity index (χ0v) is 10.7. The maximum Gasteiger partial charge on any atom is 0.123 e. The molecule has 0 bridgehead atoms. The maximum atomic E-state index is 8.51. The summed E-state index contributed by atoms with van der Waals surface area (Å²) in [5.74, 6) is 1.01. The van der Waals surface area contributed by atoms with Crippen LogP contribution in [0.5, 0.6) is 5.75 Å². The number of para-hydroxylation sites is 1. The number of hydrogen-bond donors (Lipinski definition) is 0. The summed E-state index contributed by atoms with van der Waals surface area (Å²) >= 11 is 0. The Hall–Kier alpha value is -1.24. The van der Waals surface area contributed by atoms with Crippen LogP contribution >= 0.6 is 12.4 Å². The summed E-state index contributed by atoms with van der Waals surface area (Å²) in [7, 11) is 2.03. The van der Waals surface area contributed by atoms with Gasteiger partial charge in [0.05, 0.1) is 6.07 Å². The third kappa shape index (κ3) is 3.62. The Morgan fingerprint density at radius 3 is 2.94 bits per heavy atom. The van der Waals surface area contributed by atoms with Crippen molar-refractivity contribution in [3.63, 3.8) is 0 Å². The summed E-state index contributed by atoms with van der Waals surface area (Å²) in [4.78, 5) is 2.15. The van der Waals surface area contributed by atoms with Gasteiger partial charge in [0.2, 0.25) is 0 Å². The van der Waals surface area contributed by atoms with E-state index in [1.807, 2.05) is 25.2 Å². The molecule has 0 radical (unpaired) electrons. The Bertz CT molecular complexity index is 378. The van der Waals surface area contributed by atoms with Gasteiger partial charge in [-0.2, -0.15) is 5.26 Å². The molecular formula is C13H17ClN2O. The number of nitriles is 1. The van der Waals surface area contributed by atoms with Crippen LogP contribution in [0.2, 0.25) is 0 Å².